The number of piperazine rings is 1. The number of hydrogen-bond acceptors (Lipinski definition) is 3. The smallest absolute Gasteiger partial charge is 0.251 e. The fourth-order valence-electron chi connectivity index (χ4n) is 3.63. The zero-order valence-corrected chi connectivity index (χ0v) is 15.5. The zero-order valence-electron chi connectivity index (χ0n) is 14.7. The molecule has 0 saturated carbocycles. The summed E-state index contributed by atoms with van der Waals surface area (Å²) in [4.78, 5) is 16.5. The molecule has 0 aromatic heterocycles. The minimum atomic E-state index is -0.234. The molecular weight excluding hydrogens is 346 g/mol. The summed E-state index contributed by atoms with van der Waals surface area (Å²) in [5, 5.41) is 6.44. The zero-order chi connectivity index (χ0) is 17.9. The van der Waals surface area contributed by atoms with Crippen molar-refractivity contribution in [2.24, 2.45) is 0 Å². The maximum absolute atomic E-state index is 12.4. The molecule has 0 radical (unpaired) electrons. The van der Waals surface area contributed by atoms with Gasteiger partial charge in [-0.2, -0.15) is 0 Å². The lowest BCUT2D eigenvalue weighted by atomic mass is 10.1. The van der Waals surface area contributed by atoms with Gasteiger partial charge in [-0.15, -0.1) is 0 Å². The molecule has 0 spiro atoms. The molecule has 1 atom stereocenters. The SMILES string of the molecule is O=C(C1CCCO1)N1CCN(C(=S)Nc2cccc3ccccc23)CC1. The van der Waals surface area contributed by atoms with Crippen molar-refractivity contribution in [3.05, 3.63) is 42.5 Å². The van der Waals surface area contributed by atoms with Crippen LogP contribution in [0.1, 0.15) is 12.8 Å². The molecular formula is C20H23N3O2S. The number of thiocarbonyl (C=S) groups is 1. The summed E-state index contributed by atoms with van der Waals surface area (Å²) in [5.41, 5.74) is 1.02. The van der Waals surface area contributed by atoms with Crippen molar-refractivity contribution in [2.75, 3.05) is 38.1 Å². The number of carbonyl (C=O) groups excluding carboxylic acids is 1. The Bertz CT molecular complexity index is 806. The summed E-state index contributed by atoms with van der Waals surface area (Å²) in [5.74, 6) is 0.134. The van der Waals surface area contributed by atoms with E-state index in [-0.39, 0.29) is 12.0 Å². The van der Waals surface area contributed by atoms with Crippen LogP contribution in [-0.2, 0) is 9.53 Å². The molecule has 1 amide bonds. The molecule has 1 N–H and O–H groups in total. The van der Waals surface area contributed by atoms with Gasteiger partial charge in [0.15, 0.2) is 5.11 Å². The van der Waals surface area contributed by atoms with E-state index in [9.17, 15) is 4.79 Å². The Morgan fingerprint density at radius 1 is 1.04 bits per heavy atom. The molecule has 2 fully saturated rings. The minimum absolute atomic E-state index is 0.134. The summed E-state index contributed by atoms with van der Waals surface area (Å²) < 4.78 is 5.52. The summed E-state index contributed by atoms with van der Waals surface area (Å²) in [6.45, 7) is 3.58. The van der Waals surface area contributed by atoms with Crippen LogP contribution in [0, 0.1) is 0 Å². The summed E-state index contributed by atoms with van der Waals surface area (Å²) in [6, 6.07) is 14.4. The summed E-state index contributed by atoms with van der Waals surface area (Å²) in [7, 11) is 0. The third-order valence-corrected chi connectivity index (χ3v) is 5.48. The second-order valence-electron chi connectivity index (χ2n) is 6.77. The van der Waals surface area contributed by atoms with Crippen LogP contribution in [0.3, 0.4) is 0 Å². The van der Waals surface area contributed by atoms with E-state index in [2.05, 4.69) is 28.4 Å². The van der Waals surface area contributed by atoms with E-state index in [0.29, 0.717) is 24.8 Å². The van der Waals surface area contributed by atoms with E-state index < -0.39 is 0 Å². The van der Waals surface area contributed by atoms with Crippen molar-refractivity contribution >= 4 is 39.7 Å². The van der Waals surface area contributed by atoms with Gasteiger partial charge in [-0.1, -0.05) is 36.4 Å². The minimum Gasteiger partial charge on any atom is -0.368 e. The van der Waals surface area contributed by atoms with Gasteiger partial charge in [0.25, 0.3) is 5.91 Å². The molecule has 6 heteroatoms. The van der Waals surface area contributed by atoms with Crippen LogP contribution < -0.4 is 5.32 Å². The van der Waals surface area contributed by atoms with Gasteiger partial charge in [-0.05, 0) is 36.5 Å². The molecule has 5 nitrogen and oxygen atoms in total. The van der Waals surface area contributed by atoms with Crippen LogP contribution in [0.2, 0.25) is 0 Å². The van der Waals surface area contributed by atoms with Gasteiger partial charge in [0.2, 0.25) is 0 Å². The first kappa shape index (κ1) is 17.2. The highest BCUT2D eigenvalue weighted by molar-refractivity contribution is 7.80. The van der Waals surface area contributed by atoms with E-state index in [4.69, 9.17) is 17.0 Å². The van der Waals surface area contributed by atoms with Crippen molar-refractivity contribution < 1.29 is 9.53 Å². The number of hydrogen-bond donors (Lipinski definition) is 1. The van der Waals surface area contributed by atoms with Crippen LogP contribution in [0.15, 0.2) is 42.5 Å². The first-order valence-corrected chi connectivity index (χ1v) is 9.57. The third-order valence-electron chi connectivity index (χ3n) is 5.11. The fourth-order valence-corrected chi connectivity index (χ4v) is 3.93. The first-order chi connectivity index (χ1) is 12.7. The van der Waals surface area contributed by atoms with Crippen molar-refractivity contribution in [1.29, 1.82) is 0 Å². The second-order valence-corrected chi connectivity index (χ2v) is 7.16. The number of benzene rings is 2. The third kappa shape index (κ3) is 3.52. The molecule has 1 unspecified atom stereocenters. The Labute approximate surface area is 158 Å². The molecule has 2 aliphatic rings. The molecule has 2 aromatic rings. The Morgan fingerprint density at radius 2 is 1.77 bits per heavy atom. The number of rotatable bonds is 2. The molecule has 2 aromatic carbocycles. The molecule has 0 bridgehead atoms. The van der Waals surface area contributed by atoms with Crippen molar-refractivity contribution in [3.63, 3.8) is 0 Å². The van der Waals surface area contributed by atoms with E-state index in [1.54, 1.807) is 0 Å². The molecule has 2 heterocycles. The van der Waals surface area contributed by atoms with Gasteiger partial charge in [-0.25, -0.2) is 0 Å². The predicted octanol–water partition coefficient (Wildman–Crippen LogP) is 2.86. The largest absolute Gasteiger partial charge is 0.368 e. The van der Waals surface area contributed by atoms with E-state index >= 15 is 0 Å². The fraction of sp³-hybridized carbons (Fsp3) is 0.400. The number of anilines is 1. The van der Waals surface area contributed by atoms with Crippen LogP contribution in [-0.4, -0.2) is 59.7 Å². The molecule has 26 heavy (non-hydrogen) atoms. The maximum Gasteiger partial charge on any atom is 0.251 e. The topological polar surface area (TPSA) is 44.8 Å². The van der Waals surface area contributed by atoms with Gasteiger partial charge in [-0.3, -0.25) is 4.79 Å². The van der Waals surface area contributed by atoms with E-state index in [1.807, 2.05) is 29.2 Å². The standard InChI is InChI=1S/C20H23N3O2S/c24-19(18-9-4-14-25-18)22-10-12-23(13-11-22)20(26)21-17-8-3-6-15-5-1-2-7-16(15)17/h1-3,5-8,18H,4,9-14H2,(H,21,26). The average molecular weight is 369 g/mol. The van der Waals surface area contributed by atoms with Gasteiger partial charge in [0, 0.05) is 43.9 Å². The predicted molar refractivity (Wildman–Crippen MR) is 107 cm³/mol. The number of amides is 1. The Hall–Kier alpha value is -2.18. The van der Waals surface area contributed by atoms with E-state index in [0.717, 1.165) is 37.0 Å². The Kier molecular flexibility index (Phi) is 5.04. The Balaban J connectivity index is 1.37. The highest BCUT2D eigenvalue weighted by atomic mass is 32.1. The van der Waals surface area contributed by atoms with Crippen LogP contribution >= 0.6 is 12.2 Å². The summed E-state index contributed by atoms with van der Waals surface area (Å²) in [6.07, 6.45) is 1.59. The molecule has 4 rings (SSSR count). The first-order valence-electron chi connectivity index (χ1n) is 9.16. The number of fused-ring (bicyclic) bond motifs is 1. The lowest BCUT2D eigenvalue weighted by molar-refractivity contribution is -0.142. The normalized spacial score (nSPS) is 20.4. The quantitative estimate of drug-likeness (QED) is 0.825. The van der Waals surface area contributed by atoms with Crippen LogP contribution in [0.4, 0.5) is 5.69 Å². The number of carbonyl (C=O) groups is 1. The highest BCUT2D eigenvalue weighted by Gasteiger charge is 2.30. The highest BCUT2D eigenvalue weighted by Crippen LogP contribution is 2.23. The van der Waals surface area contributed by atoms with Gasteiger partial charge in [0.05, 0.1) is 0 Å². The van der Waals surface area contributed by atoms with Gasteiger partial charge in [0.1, 0.15) is 6.10 Å². The van der Waals surface area contributed by atoms with E-state index in [1.165, 1.54) is 5.39 Å². The lowest BCUT2D eigenvalue weighted by Crippen LogP contribution is -2.53. The molecule has 0 aliphatic carbocycles. The van der Waals surface area contributed by atoms with Crippen molar-refractivity contribution in [3.8, 4) is 0 Å². The average Bonchev–Trinajstić information content (AvgIpc) is 3.23. The van der Waals surface area contributed by atoms with Gasteiger partial charge >= 0.3 is 0 Å². The number of nitrogens with one attached hydrogen (secondary N) is 1. The second kappa shape index (κ2) is 7.60. The maximum atomic E-state index is 12.4. The monoisotopic (exact) mass is 369 g/mol. The molecule has 136 valence electrons. The van der Waals surface area contributed by atoms with Gasteiger partial charge < -0.3 is 19.9 Å². The number of nitrogens with zero attached hydrogens (tertiary/aromatic N) is 2. The van der Waals surface area contributed by atoms with Crippen LogP contribution in [0.25, 0.3) is 10.8 Å². The Morgan fingerprint density at radius 3 is 2.54 bits per heavy atom. The molecule has 2 aliphatic heterocycles. The van der Waals surface area contributed by atoms with Crippen LogP contribution in [0.5, 0.6) is 0 Å². The number of ether oxygens (including phenoxy) is 1. The van der Waals surface area contributed by atoms with Crippen molar-refractivity contribution in [1.82, 2.24) is 9.80 Å². The molecule has 2 saturated heterocycles. The lowest BCUT2D eigenvalue weighted by Gasteiger charge is -2.37. The summed E-state index contributed by atoms with van der Waals surface area (Å²) >= 11 is 5.62. The van der Waals surface area contributed by atoms with Crippen molar-refractivity contribution in [2.45, 2.75) is 18.9 Å².